The van der Waals surface area contributed by atoms with E-state index < -0.39 is 0 Å². The average molecular weight is 364 g/mol. The number of benzene rings is 2. The molecule has 1 fully saturated rings. The Balaban J connectivity index is 1.37. The van der Waals surface area contributed by atoms with Crippen molar-refractivity contribution >= 4 is 5.91 Å². The standard InChI is InChI=1S/C21H21FN4O/c22-18-7-4-8-19(15-18)26-10-9-20(23-26)21(27)25-13-11-24(12-14-25)16-17-5-2-1-3-6-17/h1-10,15H,11-14,16H2. The molecule has 1 aliphatic heterocycles. The lowest BCUT2D eigenvalue weighted by molar-refractivity contribution is 0.0622. The number of carbonyl (C=O) groups is 1. The molecule has 0 N–H and O–H groups in total. The highest BCUT2D eigenvalue weighted by Gasteiger charge is 2.23. The molecule has 5 nitrogen and oxygen atoms in total. The van der Waals surface area contributed by atoms with Crippen molar-refractivity contribution in [3.05, 3.63) is 83.9 Å². The minimum Gasteiger partial charge on any atom is -0.335 e. The van der Waals surface area contributed by atoms with Crippen LogP contribution < -0.4 is 0 Å². The zero-order valence-electron chi connectivity index (χ0n) is 15.0. The topological polar surface area (TPSA) is 41.4 Å². The largest absolute Gasteiger partial charge is 0.335 e. The maximum Gasteiger partial charge on any atom is 0.274 e. The second kappa shape index (κ2) is 7.72. The van der Waals surface area contributed by atoms with Crippen molar-refractivity contribution in [2.75, 3.05) is 26.2 Å². The molecule has 138 valence electrons. The third kappa shape index (κ3) is 4.06. The number of piperazine rings is 1. The van der Waals surface area contributed by atoms with Gasteiger partial charge < -0.3 is 4.90 Å². The van der Waals surface area contributed by atoms with Crippen LogP contribution in [0.25, 0.3) is 5.69 Å². The van der Waals surface area contributed by atoms with E-state index in [-0.39, 0.29) is 11.7 Å². The number of carbonyl (C=O) groups excluding carboxylic acids is 1. The molecule has 6 heteroatoms. The average Bonchev–Trinajstić information content (AvgIpc) is 3.19. The van der Waals surface area contributed by atoms with E-state index in [1.807, 2.05) is 23.1 Å². The number of halogens is 1. The fourth-order valence-corrected chi connectivity index (χ4v) is 3.31. The Bertz CT molecular complexity index is 917. The van der Waals surface area contributed by atoms with Crippen molar-refractivity contribution in [1.29, 1.82) is 0 Å². The summed E-state index contributed by atoms with van der Waals surface area (Å²) in [6.45, 7) is 3.94. The smallest absolute Gasteiger partial charge is 0.274 e. The van der Waals surface area contributed by atoms with E-state index in [1.54, 1.807) is 24.4 Å². The van der Waals surface area contributed by atoms with Gasteiger partial charge in [-0.25, -0.2) is 9.07 Å². The molecule has 1 saturated heterocycles. The van der Waals surface area contributed by atoms with Crippen LogP contribution in [0.2, 0.25) is 0 Å². The first kappa shape index (κ1) is 17.4. The van der Waals surface area contributed by atoms with Crippen LogP contribution in [0.3, 0.4) is 0 Å². The normalized spacial score (nSPS) is 15.1. The molecule has 0 aliphatic carbocycles. The zero-order valence-corrected chi connectivity index (χ0v) is 15.0. The Morgan fingerprint density at radius 3 is 2.48 bits per heavy atom. The Hall–Kier alpha value is -2.99. The molecule has 0 bridgehead atoms. The van der Waals surface area contributed by atoms with Crippen LogP contribution in [0.1, 0.15) is 16.1 Å². The molecule has 0 saturated carbocycles. The minimum atomic E-state index is -0.328. The van der Waals surface area contributed by atoms with Gasteiger partial charge in [-0.1, -0.05) is 36.4 Å². The Morgan fingerprint density at radius 2 is 1.74 bits per heavy atom. The number of hydrogen-bond donors (Lipinski definition) is 0. The van der Waals surface area contributed by atoms with Gasteiger partial charge in [0, 0.05) is 38.9 Å². The highest BCUT2D eigenvalue weighted by Crippen LogP contribution is 2.13. The molecule has 0 spiro atoms. The van der Waals surface area contributed by atoms with Gasteiger partial charge in [0.2, 0.25) is 0 Å². The van der Waals surface area contributed by atoms with Crippen molar-refractivity contribution in [1.82, 2.24) is 19.6 Å². The lowest BCUT2D eigenvalue weighted by atomic mass is 10.2. The molecule has 4 rings (SSSR count). The van der Waals surface area contributed by atoms with Gasteiger partial charge >= 0.3 is 0 Å². The molecule has 0 unspecified atom stereocenters. The summed E-state index contributed by atoms with van der Waals surface area (Å²) in [4.78, 5) is 16.9. The van der Waals surface area contributed by atoms with E-state index in [2.05, 4.69) is 22.1 Å². The molecular formula is C21H21FN4O. The second-order valence-electron chi connectivity index (χ2n) is 6.68. The van der Waals surface area contributed by atoms with Crippen LogP contribution in [0.4, 0.5) is 4.39 Å². The first-order chi connectivity index (χ1) is 13.2. The Kier molecular flexibility index (Phi) is 4.98. The van der Waals surface area contributed by atoms with Crippen molar-refractivity contribution in [2.24, 2.45) is 0 Å². The fourth-order valence-electron chi connectivity index (χ4n) is 3.31. The van der Waals surface area contributed by atoms with Gasteiger partial charge in [-0.3, -0.25) is 9.69 Å². The predicted octanol–water partition coefficient (Wildman–Crippen LogP) is 2.97. The highest BCUT2D eigenvalue weighted by molar-refractivity contribution is 5.92. The molecule has 1 aromatic heterocycles. The van der Waals surface area contributed by atoms with Crippen molar-refractivity contribution in [2.45, 2.75) is 6.54 Å². The van der Waals surface area contributed by atoms with Gasteiger partial charge in [-0.15, -0.1) is 0 Å². The first-order valence-electron chi connectivity index (χ1n) is 9.06. The van der Waals surface area contributed by atoms with Crippen LogP contribution >= 0.6 is 0 Å². The van der Waals surface area contributed by atoms with Gasteiger partial charge in [0.15, 0.2) is 5.69 Å². The summed E-state index contributed by atoms with van der Waals surface area (Å²) < 4.78 is 14.9. The molecule has 2 aromatic carbocycles. The Morgan fingerprint density at radius 1 is 0.963 bits per heavy atom. The first-order valence-corrected chi connectivity index (χ1v) is 9.06. The lowest BCUT2D eigenvalue weighted by Gasteiger charge is -2.34. The van der Waals surface area contributed by atoms with Gasteiger partial charge in [-0.05, 0) is 29.8 Å². The predicted molar refractivity (Wildman–Crippen MR) is 101 cm³/mol. The SMILES string of the molecule is O=C(c1ccn(-c2cccc(F)c2)n1)N1CCN(Cc2ccccc2)CC1. The van der Waals surface area contributed by atoms with E-state index in [1.165, 1.54) is 22.4 Å². The third-order valence-corrected chi connectivity index (χ3v) is 4.79. The van der Waals surface area contributed by atoms with E-state index >= 15 is 0 Å². The summed E-state index contributed by atoms with van der Waals surface area (Å²) in [5.74, 6) is -0.407. The second-order valence-corrected chi connectivity index (χ2v) is 6.68. The zero-order chi connectivity index (χ0) is 18.6. The molecule has 0 atom stereocenters. The molecule has 1 aliphatic rings. The highest BCUT2D eigenvalue weighted by atomic mass is 19.1. The molecule has 1 amide bonds. The van der Waals surface area contributed by atoms with Crippen molar-refractivity contribution in [3.8, 4) is 5.69 Å². The van der Waals surface area contributed by atoms with Crippen molar-refractivity contribution < 1.29 is 9.18 Å². The number of nitrogens with zero attached hydrogens (tertiary/aromatic N) is 4. The van der Waals surface area contributed by atoms with Gasteiger partial charge in [-0.2, -0.15) is 5.10 Å². The van der Waals surface area contributed by atoms with Gasteiger partial charge in [0.1, 0.15) is 5.82 Å². The maximum atomic E-state index is 13.4. The number of aromatic nitrogens is 2. The van der Waals surface area contributed by atoms with Crippen LogP contribution in [0.5, 0.6) is 0 Å². The van der Waals surface area contributed by atoms with Crippen LogP contribution in [0, 0.1) is 5.82 Å². The van der Waals surface area contributed by atoms with Gasteiger partial charge in [0.25, 0.3) is 5.91 Å². The summed E-state index contributed by atoms with van der Waals surface area (Å²) in [5.41, 5.74) is 2.27. The molecule has 2 heterocycles. The maximum absolute atomic E-state index is 13.4. The van der Waals surface area contributed by atoms with Gasteiger partial charge in [0.05, 0.1) is 5.69 Å². The number of hydrogen-bond acceptors (Lipinski definition) is 3. The van der Waals surface area contributed by atoms with E-state index in [9.17, 15) is 9.18 Å². The summed E-state index contributed by atoms with van der Waals surface area (Å²) in [6, 6.07) is 18.2. The molecular weight excluding hydrogens is 343 g/mol. The number of amides is 1. The van der Waals surface area contributed by atoms with Crippen molar-refractivity contribution in [3.63, 3.8) is 0 Å². The molecule has 3 aromatic rings. The third-order valence-electron chi connectivity index (χ3n) is 4.79. The minimum absolute atomic E-state index is 0.0792. The van der Waals surface area contributed by atoms with E-state index in [0.29, 0.717) is 24.5 Å². The van der Waals surface area contributed by atoms with E-state index in [4.69, 9.17) is 0 Å². The monoisotopic (exact) mass is 364 g/mol. The summed E-state index contributed by atoms with van der Waals surface area (Å²) >= 11 is 0. The fraction of sp³-hybridized carbons (Fsp3) is 0.238. The lowest BCUT2D eigenvalue weighted by Crippen LogP contribution is -2.48. The van der Waals surface area contributed by atoms with Crippen LogP contribution in [0.15, 0.2) is 66.9 Å². The van der Waals surface area contributed by atoms with Crippen LogP contribution in [-0.4, -0.2) is 51.7 Å². The quantitative estimate of drug-likeness (QED) is 0.715. The summed E-state index contributed by atoms with van der Waals surface area (Å²) in [6.07, 6.45) is 1.69. The van der Waals surface area contributed by atoms with Crippen LogP contribution in [-0.2, 0) is 6.54 Å². The summed E-state index contributed by atoms with van der Waals surface area (Å²) in [5, 5.41) is 4.33. The number of rotatable bonds is 4. The molecule has 27 heavy (non-hydrogen) atoms. The Labute approximate surface area is 157 Å². The van der Waals surface area contributed by atoms with E-state index in [0.717, 1.165) is 19.6 Å². The summed E-state index contributed by atoms with van der Waals surface area (Å²) in [7, 11) is 0. The molecule has 0 radical (unpaired) electrons.